The van der Waals surface area contributed by atoms with Crippen LogP contribution < -0.4 is 0 Å². The Balaban J connectivity index is 0. The Morgan fingerprint density at radius 2 is 1.42 bits per heavy atom. The van der Waals surface area contributed by atoms with Crippen molar-refractivity contribution in [3.8, 4) is 0 Å². The molecule has 19 heavy (non-hydrogen) atoms. The molecule has 7 heteroatoms. The van der Waals surface area contributed by atoms with Gasteiger partial charge in [0.2, 0.25) is 0 Å². The number of ether oxygens (including phenoxy) is 1. The van der Waals surface area contributed by atoms with Gasteiger partial charge in [-0.3, -0.25) is 0 Å². The third-order valence-corrected chi connectivity index (χ3v) is 2.41. The number of carbonyl (C=O) groups is 1. The summed E-state index contributed by atoms with van der Waals surface area (Å²) in [5, 5.41) is 7.12. The summed E-state index contributed by atoms with van der Waals surface area (Å²) in [5.41, 5.74) is 0. The van der Waals surface area contributed by atoms with Crippen LogP contribution in [0, 0.1) is 0 Å². The predicted octanol–water partition coefficient (Wildman–Crippen LogP) is 2.78. The molecule has 116 valence electrons. The fraction of sp³-hybridized carbons (Fsp3) is 0.917. The quantitative estimate of drug-likeness (QED) is 0.867. The molecule has 0 aromatic heterocycles. The van der Waals surface area contributed by atoms with E-state index >= 15 is 0 Å². The maximum absolute atomic E-state index is 10.6. The van der Waals surface area contributed by atoms with Gasteiger partial charge in [-0.1, -0.05) is 20.8 Å². The zero-order valence-corrected chi connectivity index (χ0v) is 11.8. The maximum Gasteiger partial charge on any atom is 0.490 e. The summed E-state index contributed by atoms with van der Waals surface area (Å²) in [6.07, 6.45) is -2.53. The molecule has 1 heterocycles. The van der Waals surface area contributed by atoms with E-state index in [4.69, 9.17) is 14.6 Å². The van der Waals surface area contributed by atoms with Crippen LogP contribution in [-0.4, -0.2) is 55.0 Å². The fourth-order valence-corrected chi connectivity index (χ4v) is 1.18. The molecule has 1 rings (SSSR count). The van der Waals surface area contributed by atoms with Crippen molar-refractivity contribution in [3.05, 3.63) is 0 Å². The normalized spacial score (nSPS) is 14.3. The van der Waals surface area contributed by atoms with Crippen LogP contribution >= 0.6 is 0 Å². The van der Waals surface area contributed by atoms with Crippen LogP contribution in [0.2, 0.25) is 0 Å². The molecule has 0 unspecified atom stereocenters. The number of hydrogen-bond acceptors (Lipinski definition) is 3. The van der Waals surface area contributed by atoms with Gasteiger partial charge < -0.3 is 14.7 Å². The molecule has 0 aliphatic carbocycles. The van der Waals surface area contributed by atoms with E-state index in [-0.39, 0.29) is 0 Å². The number of carboxylic acid groups (broad SMARTS) is 1. The monoisotopic (exact) mass is 287 g/mol. The van der Waals surface area contributed by atoms with Gasteiger partial charge in [0.15, 0.2) is 0 Å². The van der Waals surface area contributed by atoms with Gasteiger partial charge in [-0.15, -0.1) is 0 Å². The van der Waals surface area contributed by atoms with Gasteiger partial charge in [-0.25, -0.2) is 4.79 Å². The Hall–Kier alpha value is -0.820. The van der Waals surface area contributed by atoms with Crippen LogP contribution in [0.25, 0.3) is 0 Å². The Kier molecular flexibility index (Phi) is 13.2. The molecule has 0 aromatic carbocycles. The lowest BCUT2D eigenvalue weighted by molar-refractivity contribution is -0.192. The molecule has 0 saturated carbocycles. The van der Waals surface area contributed by atoms with Gasteiger partial charge in [0.25, 0.3) is 0 Å². The number of aliphatic carboxylic acids is 1. The van der Waals surface area contributed by atoms with E-state index in [0.717, 1.165) is 13.2 Å². The highest BCUT2D eigenvalue weighted by molar-refractivity contribution is 5.73. The lowest BCUT2D eigenvalue weighted by Gasteiger charge is -2.13. The second-order valence-corrected chi connectivity index (χ2v) is 3.74. The molecule has 0 spiro atoms. The Morgan fingerprint density at radius 1 is 1.11 bits per heavy atom. The summed E-state index contributed by atoms with van der Waals surface area (Å²) in [7, 11) is 0. The Labute approximate surface area is 112 Å². The van der Waals surface area contributed by atoms with Crippen molar-refractivity contribution in [3.63, 3.8) is 0 Å². The van der Waals surface area contributed by atoms with Crippen LogP contribution in [0.1, 0.15) is 33.6 Å². The lowest BCUT2D eigenvalue weighted by atomic mass is 10.4. The van der Waals surface area contributed by atoms with E-state index in [9.17, 15) is 13.2 Å². The van der Waals surface area contributed by atoms with Crippen LogP contribution in [0.4, 0.5) is 13.2 Å². The van der Waals surface area contributed by atoms with Crippen molar-refractivity contribution in [1.82, 2.24) is 4.90 Å². The first-order chi connectivity index (χ1) is 8.79. The average Bonchev–Trinajstić information content (AvgIpc) is 2.89. The number of rotatable bonds is 3. The first-order valence-electron chi connectivity index (χ1n) is 6.39. The van der Waals surface area contributed by atoms with E-state index < -0.39 is 12.1 Å². The summed E-state index contributed by atoms with van der Waals surface area (Å²) < 4.78 is 36.7. The molecule has 0 aromatic rings. The highest BCUT2D eigenvalue weighted by atomic mass is 19.4. The average molecular weight is 287 g/mol. The maximum atomic E-state index is 10.6. The first kappa shape index (κ1) is 20.5. The molecule has 1 aliphatic rings. The third kappa shape index (κ3) is 15.1. The molecule has 0 radical (unpaired) electrons. The summed E-state index contributed by atoms with van der Waals surface area (Å²) in [6.45, 7) is 12.1. The van der Waals surface area contributed by atoms with E-state index in [0.29, 0.717) is 0 Å². The molecule has 0 amide bonds. The van der Waals surface area contributed by atoms with Gasteiger partial charge in [0.1, 0.15) is 0 Å². The molecule has 1 fully saturated rings. The molecule has 1 aliphatic heterocycles. The molecule has 1 saturated heterocycles. The SMILES string of the molecule is C1CCOC1.CCN(CC)CC.O=C(O)C(F)(F)F. The minimum Gasteiger partial charge on any atom is -0.475 e. The van der Waals surface area contributed by atoms with Gasteiger partial charge in [0.05, 0.1) is 0 Å². The van der Waals surface area contributed by atoms with Crippen molar-refractivity contribution >= 4 is 5.97 Å². The highest BCUT2D eigenvalue weighted by Gasteiger charge is 2.38. The molecule has 0 atom stereocenters. The van der Waals surface area contributed by atoms with E-state index in [2.05, 4.69) is 25.7 Å². The van der Waals surface area contributed by atoms with Crippen LogP contribution in [0.15, 0.2) is 0 Å². The number of alkyl halides is 3. The minimum absolute atomic E-state index is 1.00. The molecular weight excluding hydrogens is 263 g/mol. The summed E-state index contributed by atoms with van der Waals surface area (Å²) in [4.78, 5) is 11.3. The zero-order valence-electron chi connectivity index (χ0n) is 11.8. The van der Waals surface area contributed by atoms with Gasteiger partial charge >= 0.3 is 12.1 Å². The second-order valence-electron chi connectivity index (χ2n) is 3.74. The van der Waals surface area contributed by atoms with Crippen molar-refractivity contribution in [2.45, 2.75) is 39.8 Å². The van der Waals surface area contributed by atoms with Crippen molar-refractivity contribution in [2.24, 2.45) is 0 Å². The molecule has 0 bridgehead atoms. The highest BCUT2D eigenvalue weighted by Crippen LogP contribution is 2.13. The van der Waals surface area contributed by atoms with E-state index in [1.807, 2.05) is 0 Å². The van der Waals surface area contributed by atoms with Crippen molar-refractivity contribution < 1.29 is 27.8 Å². The molecule has 1 N–H and O–H groups in total. The largest absolute Gasteiger partial charge is 0.490 e. The second kappa shape index (κ2) is 12.2. The molecule has 4 nitrogen and oxygen atoms in total. The zero-order chi connectivity index (χ0) is 15.3. The third-order valence-electron chi connectivity index (χ3n) is 2.41. The molecular formula is C12H24F3NO3. The van der Waals surface area contributed by atoms with E-state index in [1.54, 1.807) is 0 Å². The van der Waals surface area contributed by atoms with Crippen LogP contribution in [-0.2, 0) is 9.53 Å². The number of hydrogen-bond donors (Lipinski definition) is 1. The first-order valence-corrected chi connectivity index (χ1v) is 6.39. The minimum atomic E-state index is -5.08. The number of nitrogens with zero attached hydrogens (tertiary/aromatic N) is 1. The lowest BCUT2D eigenvalue weighted by Crippen LogP contribution is -2.21. The van der Waals surface area contributed by atoms with Crippen LogP contribution in [0.3, 0.4) is 0 Å². The van der Waals surface area contributed by atoms with Gasteiger partial charge in [-0.05, 0) is 32.5 Å². The Morgan fingerprint density at radius 3 is 1.47 bits per heavy atom. The topological polar surface area (TPSA) is 49.8 Å². The van der Waals surface area contributed by atoms with Crippen molar-refractivity contribution in [2.75, 3.05) is 32.8 Å². The number of carboxylic acids is 1. The smallest absolute Gasteiger partial charge is 0.475 e. The summed E-state index contributed by atoms with van der Waals surface area (Å²) >= 11 is 0. The summed E-state index contributed by atoms with van der Waals surface area (Å²) in [6, 6.07) is 0. The predicted molar refractivity (Wildman–Crippen MR) is 67.2 cm³/mol. The number of halogens is 3. The van der Waals surface area contributed by atoms with Gasteiger partial charge in [0, 0.05) is 13.2 Å². The standard InChI is InChI=1S/C6H15N.C4H8O.C2HF3O2/c1-4-7(5-2)6-3;1-2-4-5-3-1;3-2(4,5)1(6)7/h4-6H2,1-3H3;1-4H2;(H,6,7). The van der Waals surface area contributed by atoms with Crippen molar-refractivity contribution in [1.29, 1.82) is 0 Å². The Bertz CT molecular complexity index is 202. The van der Waals surface area contributed by atoms with E-state index in [1.165, 1.54) is 32.5 Å². The fourth-order valence-electron chi connectivity index (χ4n) is 1.18. The summed E-state index contributed by atoms with van der Waals surface area (Å²) in [5.74, 6) is -2.76. The van der Waals surface area contributed by atoms with Crippen LogP contribution in [0.5, 0.6) is 0 Å². The van der Waals surface area contributed by atoms with Gasteiger partial charge in [-0.2, -0.15) is 13.2 Å².